The quantitative estimate of drug-likeness (QED) is 0.790. The zero-order valence-corrected chi connectivity index (χ0v) is 10.9. The van der Waals surface area contributed by atoms with Crippen molar-refractivity contribution < 1.29 is 14.7 Å². The summed E-state index contributed by atoms with van der Waals surface area (Å²) < 4.78 is 1.64. The van der Waals surface area contributed by atoms with Crippen molar-refractivity contribution in [3.8, 4) is 0 Å². The van der Waals surface area contributed by atoms with Crippen LogP contribution in [0.1, 0.15) is 15.9 Å². The molecule has 0 radical (unpaired) electrons. The third-order valence-corrected chi connectivity index (χ3v) is 3.16. The van der Waals surface area contributed by atoms with Crippen molar-refractivity contribution in [2.45, 2.75) is 6.54 Å². The van der Waals surface area contributed by atoms with Crippen LogP contribution in [0.25, 0.3) is 0 Å². The Labute approximate surface area is 112 Å². The molecule has 0 saturated carbocycles. The fourth-order valence-electron chi connectivity index (χ4n) is 1.47. The highest BCUT2D eigenvalue weighted by Crippen LogP contribution is 2.22. The van der Waals surface area contributed by atoms with Crippen molar-refractivity contribution in [1.29, 1.82) is 0 Å². The number of thiophene rings is 1. The lowest BCUT2D eigenvalue weighted by Crippen LogP contribution is -2.28. The molecular formula is C11H12N4O3S. The van der Waals surface area contributed by atoms with E-state index in [9.17, 15) is 9.59 Å². The van der Waals surface area contributed by atoms with E-state index >= 15 is 0 Å². The van der Waals surface area contributed by atoms with Gasteiger partial charge in [-0.3, -0.25) is 10.00 Å². The second kappa shape index (κ2) is 5.53. The van der Waals surface area contributed by atoms with Crippen molar-refractivity contribution in [2.24, 2.45) is 7.05 Å². The zero-order valence-electron chi connectivity index (χ0n) is 10.1. The van der Waals surface area contributed by atoms with E-state index in [-0.39, 0.29) is 5.56 Å². The first-order chi connectivity index (χ1) is 9.06. The molecule has 100 valence electrons. The number of nitrogens with zero attached hydrogens (tertiary/aromatic N) is 2. The number of carbonyl (C=O) groups excluding carboxylic acids is 1. The lowest BCUT2D eigenvalue weighted by atomic mass is 10.3. The smallest absolute Gasteiger partial charge is 0.338 e. The molecule has 2 amide bonds. The number of nitrogens with one attached hydrogen (secondary N) is 2. The Balaban J connectivity index is 1.90. The summed E-state index contributed by atoms with van der Waals surface area (Å²) in [6, 6.07) is 0.998. The van der Waals surface area contributed by atoms with Crippen molar-refractivity contribution in [3.05, 3.63) is 35.0 Å². The van der Waals surface area contributed by atoms with Crippen LogP contribution in [0.5, 0.6) is 0 Å². The van der Waals surface area contributed by atoms with Gasteiger partial charge in [0.2, 0.25) is 0 Å². The number of carboxylic acids is 1. The summed E-state index contributed by atoms with van der Waals surface area (Å²) in [4.78, 5) is 22.5. The Kier molecular flexibility index (Phi) is 3.81. The molecule has 2 aromatic heterocycles. The molecule has 3 N–H and O–H groups in total. The molecule has 0 aromatic carbocycles. The molecule has 0 spiro atoms. The first kappa shape index (κ1) is 13.1. The van der Waals surface area contributed by atoms with Gasteiger partial charge in [-0.1, -0.05) is 0 Å². The normalized spacial score (nSPS) is 10.2. The molecule has 2 heterocycles. The predicted octanol–water partition coefficient (Wildman–Crippen LogP) is 1.50. The molecular weight excluding hydrogens is 268 g/mol. The molecule has 7 nitrogen and oxygen atoms in total. The number of aromatic carboxylic acids is 1. The van der Waals surface area contributed by atoms with Crippen molar-refractivity contribution in [2.75, 3.05) is 5.32 Å². The lowest BCUT2D eigenvalue weighted by Gasteiger charge is -2.05. The maximum atomic E-state index is 11.6. The van der Waals surface area contributed by atoms with E-state index in [1.807, 2.05) is 0 Å². The van der Waals surface area contributed by atoms with E-state index in [0.29, 0.717) is 11.5 Å². The van der Waals surface area contributed by atoms with Crippen LogP contribution >= 0.6 is 11.3 Å². The molecule has 8 heteroatoms. The SMILES string of the molecule is Cn1cc(CNC(=O)Nc2sccc2C(=O)O)cn1. The first-order valence-corrected chi connectivity index (χ1v) is 6.27. The number of aromatic nitrogens is 2. The lowest BCUT2D eigenvalue weighted by molar-refractivity contribution is 0.0698. The zero-order chi connectivity index (χ0) is 13.8. The van der Waals surface area contributed by atoms with E-state index in [4.69, 9.17) is 5.11 Å². The van der Waals surface area contributed by atoms with Gasteiger partial charge < -0.3 is 10.4 Å². The Hall–Kier alpha value is -2.35. The maximum absolute atomic E-state index is 11.6. The second-order valence-corrected chi connectivity index (χ2v) is 4.71. The van der Waals surface area contributed by atoms with Gasteiger partial charge in [0, 0.05) is 25.4 Å². The van der Waals surface area contributed by atoms with Crippen LogP contribution in [0.2, 0.25) is 0 Å². The summed E-state index contributed by atoms with van der Waals surface area (Å²) in [6.45, 7) is 0.327. The second-order valence-electron chi connectivity index (χ2n) is 3.80. The molecule has 0 atom stereocenters. The average molecular weight is 280 g/mol. The molecule has 19 heavy (non-hydrogen) atoms. The predicted molar refractivity (Wildman–Crippen MR) is 70.3 cm³/mol. The topological polar surface area (TPSA) is 96.2 Å². The third-order valence-electron chi connectivity index (χ3n) is 2.33. The highest BCUT2D eigenvalue weighted by molar-refractivity contribution is 7.14. The standard InChI is InChI=1S/C11H12N4O3S/c1-15-6-7(5-13-15)4-12-11(18)14-9-8(10(16)17)2-3-19-9/h2-3,5-6H,4H2,1H3,(H,16,17)(H2,12,14,18). The van der Waals surface area contributed by atoms with Crippen LogP contribution in [0.4, 0.5) is 9.80 Å². The van der Waals surface area contributed by atoms with E-state index < -0.39 is 12.0 Å². The largest absolute Gasteiger partial charge is 0.478 e. The van der Waals surface area contributed by atoms with Crippen molar-refractivity contribution in [1.82, 2.24) is 15.1 Å². The van der Waals surface area contributed by atoms with Crippen LogP contribution in [-0.4, -0.2) is 26.9 Å². The Bertz CT molecular complexity index is 605. The van der Waals surface area contributed by atoms with Gasteiger partial charge in [-0.2, -0.15) is 5.10 Å². The minimum atomic E-state index is -1.07. The van der Waals surface area contributed by atoms with E-state index in [0.717, 1.165) is 16.9 Å². The van der Waals surface area contributed by atoms with Crippen molar-refractivity contribution >= 4 is 28.3 Å². The van der Waals surface area contributed by atoms with Gasteiger partial charge in [-0.05, 0) is 11.4 Å². The van der Waals surface area contributed by atoms with Crippen LogP contribution in [0.3, 0.4) is 0 Å². The summed E-state index contributed by atoms with van der Waals surface area (Å²) in [6.07, 6.45) is 3.43. The van der Waals surface area contributed by atoms with Crippen LogP contribution in [0, 0.1) is 0 Å². The summed E-state index contributed by atoms with van der Waals surface area (Å²) >= 11 is 1.16. The summed E-state index contributed by atoms with van der Waals surface area (Å²) in [5.74, 6) is -1.07. The van der Waals surface area contributed by atoms with Gasteiger partial charge in [-0.15, -0.1) is 11.3 Å². The Morgan fingerprint density at radius 3 is 2.95 bits per heavy atom. The van der Waals surface area contributed by atoms with Gasteiger partial charge in [0.25, 0.3) is 0 Å². The number of aryl methyl sites for hydroxylation is 1. The number of hydrogen-bond acceptors (Lipinski definition) is 4. The van der Waals surface area contributed by atoms with Gasteiger partial charge in [0.15, 0.2) is 0 Å². The number of urea groups is 1. The first-order valence-electron chi connectivity index (χ1n) is 5.39. The minimum absolute atomic E-state index is 0.0847. The number of carboxylic acid groups (broad SMARTS) is 1. The fraction of sp³-hybridized carbons (Fsp3) is 0.182. The van der Waals surface area contributed by atoms with Crippen LogP contribution < -0.4 is 10.6 Å². The van der Waals surface area contributed by atoms with Crippen LogP contribution in [0.15, 0.2) is 23.8 Å². The molecule has 2 rings (SSSR count). The fourth-order valence-corrected chi connectivity index (χ4v) is 2.24. The third kappa shape index (κ3) is 3.32. The number of hydrogen-bond donors (Lipinski definition) is 3. The molecule has 0 aliphatic heterocycles. The molecule has 0 aliphatic rings. The van der Waals surface area contributed by atoms with Gasteiger partial charge >= 0.3 is 12.0 Å². The summed E-state index contributed by atoms with van der Waals surface area (Å²) in [5.41, 5.74) is 0.948. The highest BCUT2D eigenvalue weighted by atomic mass is 32.1. The van der Waals surface area contributed by atoms with E-state index in [1.165, 1.54) is 6.07 Å². The molecule has 0 bridgehead atoms. The van der Waals surface area contributed by atoms with E-state index in [1.54, 1.807) is 29.5 Å². The maximum Gasteiger partial charge on any atom is 0.338 e. The highest BCUT2D eigenvalue weighted by Gasteiger charge is 2.13. The number of amides is 2. The summed E-state index contributed by atoms with van der Waals surface area (Å²) in [7, 11) is 1.79. The Morgan fingerprint density at radius 2 is 2.32 bits per heavy atom. The van der Waals surface area contributed by atoms with Gasteiger partial charge in [-0.25, -0.2) is 9.59 Å². The molecule has 0 fully saturated rings. The van der Waals surface area contributed by atoms with Gasteiger partial charge in [0.05, 0.1) is 11.8 Å². The summed E-state index contributed by atoms with van der Waals surface area (Å²) in [5, 5.41) is 19.9. The average Bonchev–Trinajstić information content (AvgIpc) is 2.95. The van der Waals surface area contributed by atoms with Gasteiger partial charge in [0.1, 0.15) is 5.00 Å². The molecule has 0 saturated heterocycles. The Morgan fingerprint density at radius 1 is 1.53 bits per heavy atom. The van der Waals surface area contributed by atoms with Crippen LogP contribution in [-0.2, 0) is 13.6 Å². The molecule has 0 unspecified atom stereocenters. The molecule has 0 aliphatic carbocycles. The number of anilines is 1. The van der Waals surface area contributed by atoms with Crippen molar-refractivity contribution in [3.63, 3.8) is 0 Å². The number of rotatable bonds is 4. The van der Waals surface area contributed by atoms with E-state index in [2.05, 4.69) is 15.7 Å². The monoisotopic (exact) mass is 280 g/mol. The minimum Gasteiger partial charge on any atom is -0.478 e. The molecule has 2 aromatic rings. The number of carbonyl (C=O) groups is 2.